The molecule has 0 bridgehead atoms. The van der Waals surface area contributed by atoms with E-state index in [0.29, 0.717) is 12.1 Å². The average Bonchev–Trinajstić information content (AvgIpc) is 3.00. The van der Waals surface area contributed by atoms with E-state index < -0.39 is 16.0 Å². The fourth-order valence-corrected chi connectivity index (χ4v) is 3.93. The van der Waals surface area contributed by atoms with Crippen molar-refractivity contribution < 1.29 is 12.8 Å². The molecule has 0 amide bonds. The van der Waals surface area contributed by atoms with Gasteiger partial charge in [-0.15, -0.1) is 0 Å². The molecule has 3 aromatic rings. The van der Waals surface area contributed by atoms with Crippen molar-refractivity contribution >= 4 is 10.0 Å². The Kier molecular flexibility index (Phi) is 4.65. The van der Waals surface area contributed by atoms with Crippen LogP contribution in [0.25, 0.3) is 11.3 Å². The molecule has 8 heteroatoms. The van der Waals surface area contributed by atoms with Crippen molar-refractivity contribution in [1.82, 2.24) is 19.3 Å². The lowest BCUT2D eigenvalue weighted by Crippen LogP contribution is -2.15. The Hall–Kier alpha value is -2.58. The minimum Gasteiger partial charge on any atom is -0.316 e. The summed E-state index contributed by atoms with van der Waals surface area (Å²) < 4.78 is 41.3. The van der Waals surface area contributed by atoms with E-state index in [9.17, 15) is 12.8 Å². The highest BCUT2D eigenvalue weighted by Gasteiger charge is 2.24. The molecule has 0 saturated carbocycles. The number of aryl methyl sites for hydroxylation is 1. The largest absolute Gasteiger partial charge is 0.316 e. The number of nitrogens with one attached hydrogen (secondary N) is 1. The van der Waals surface area contributed by atoms with Crippen molar-refractivity contribution in [2.45, 2.75) is 18.5 Å². The summed E-state index contributed by atoms with van der Waals surface area (Å²) in [6, 6.07) is 7.88. The number of halogens is 1. The first-order valence-electron chi connectivity index (χ1n) is 7.58. The summed E-state index contributed by atoms with van der Waals surface area (Å²) in [5, 5.41) is 2.86. The number of rotatable bonds is 5. The van der Waals surface area contributed by atoms with Gasteiger partial charge in [-0.05, 0) is 55.4 Å². The van der Waals surface area contributed by atoms with Gasteiger partial charge in [-0.3, -0.25) is 0 Å². The zero-order valence-corrected chi connectivity index (χ0v) is 14.6. The molecule has 0 spiro atoms. The molecule has 25 heavy (non-hydrogen) atoms. The maximum absolute atomic E-state index is 14.2. The number of aromatic nitrogens is 3. The van der Waals surface area contributed by atoms with Crippen LogP contribution in [0.1, 0.15) is 11.1 Å². The second-order valence-corrected chi connectivity index (χ2v) is 7.34. The third-order valence-electron chi connectivity index (χ3n) is 3.67. The smallest absolute Gasteiger partial charge is 0.285 e. The van der Waals surface area contributed by atoms with Crippen molar-refractivity contribution in [2.75, 3.05) is 7.05 Å². The number of hydrogen-bond acceptors (Lipinski definition) is 5. The third-order valence-corrected chi connectivity index (χ3v) is 5.24. The van der Waals surface area contributed by atoms with Crippen LogP contribution in [0.15, 0.2) is 53.9 Å². The van der Waals surface area contributed by atoms with E-state index in [1.54, 1.807) is 32.2 Å². The van der Waals surface area contributed by atoms with Gasteiger partial charge in [0, 0.05) is 25.1 Å². The zero-order chi connectivity index (χ0) is 18.0. The fraction of sp³-hybridized carbons (Fsp3) is 0.176. The predicted molar refractivity (Wildman–Crippen MR) is 91.9 cm³/mol. The normalized spacial score (nSPS) is 11.6. The first-order valence-corrected chi connectivity index (χ1v) is 9.02. The van der Waals surface area contributed by atoms with Crippen LogP contribution in [0, 0.1) is 12.9 Å². The molecule has 0 aliphatic carbocycles. The molecule has 0 unspecified atom stereocenters. The third kappa shape index (κ3) is 3.31. The van der Waals surface area contributed by atoms with Crippen LogP contribution in [0.5, 0.6) is 0 Å². The summed E-state index contributed by atoms with van der Waals surface area (Å²) in [6.45, 7) is 2.23. The van der Waals surface area contributed by atoms with Crippen LogP contribution in [0.4, 0.5) is 4.39 Å². The molecular weight excluding hydrogens is 343 g/mol. The quantitative estimate of drug-likeness (QED) is 0.707. The van der Waals surface area contributed by atoms with Crippen molar-refractivity contribution in [3.8, 4) is 11.3 Å². The molecule has 3 aromatic heterocycles. The van der Waals surface area contributed by atoms with Gasteiger partial charge in [0.2, 0.25) is 5.95 Å². The van der Waals surface area contributed by atoms with Gasteiger partial charge in [0.05, 0.1) is 11.3 Å². The van der Waals surface area contributed by atoms with Crippen molar-refractivity contribution in [1.29, 1.82) is 0 Å². The lowest BCUT2D eigenvalue weighted by molar-refractivity contribution is 0.580. The molecule has 0 aromatic carbocycles. The molecular formula is C17H17FN4O2S. The monoisotopic (exact) mass is 360 g/mol. The van der Waals surface area contributed by atoms with Crippen LogP contribution in [-0.4, -0.2) is 29.4 Å². The molecule has 1 N–H and O–H groups in total. The molecule has 0 aliphatic heterocycles. The van der Waals surface area contributed by atoms with Gasteiger partial charge in [0.25, 0.3) is 10.0 Å². The topological polar surface area (TPSA) is 76.9 Å². The first kappa shape index (κ1) is 17.2. The lowest BCUT2D eigenvalue weighted by Gasteiger charge is -2.10. The highest BCUT2D eigenvalue weighted by Crippen LogP contribution is 2.28. The Balaban J connectivity index is 2.23. The molecule has 0 fully saturated rings. The molecule has 3 rings (SSSR count). The first-order chi connectivity index (χ1) is 11.9. The van der Waals surface area contributed by atoms with Gasteiger partial charge in [-0.1, -0.05) is 0 Å². The molecule has 0 atom stereocenters. The summed E-state index contributed by atoms with van der Waals surface area (Å²) in [7, 11) is -2.22. The Labute approximate surface area is 145 Å². The minimum atomic E-state index is -3.97. The second kappa shape index (κ2) is 6.73. The van der Waals surface area contributed by atoms with Crippen LogP contribution in [0.2, 0.25) is 0 Å². The maximum atomic E-state index is 14.2. The summed E-state index contributed by atoms with van der Waals surface area (Å²) in [5.41, 5.74) is 1.79. The number of pyridine rings is 2. The van der Waals surface area contributed by atoms with E-state index in [4.69, 9.17) is 0 Å². The van der Waals surface area contributed by atoms with Gasteiger partial charge >= 0.3 is 0 Å². The van der Waals surface area contributed by atoms with E-state index in [1.807, 2.05) is 0 Å². The standard InChI is InChI=1S/C17H17FN4O2S/c1-12-5-7-20-16(8-12)25(23,24)22-11-13(10-19-2)9-15(22)14-4-3-6-21-17(14)18/h3-9,11,19H,10H2,1-2H3. The molecule has 3 heterocycles. The second-order valence-electron chi connectivity index (χ2n) is 5.58. The number of hydrogen-bond donors (Lipinski definition) is 1. The molecule has 0 radical (unpaired) electrons. The maximum Gasteiger partial charge on any atom is 0.285 e. The minimum absolute atomic E-state index is 0.0929. The van der Waals surface area contributed by atoms with Crippen LogP contribution in [-0.2, 0) is 16.6 Å². The van der Waals surface area contributed by atoms with E-state index in [-0.39, 0.29) is 16.3 Å². The van der Waals surface area contributed by atoms with Crippen LogP contribution >= 0.6 is 0 Å². The van der Waals surface area contributed by atoms with Crippen molar-refractivity contribution in [3.05, 3.63) is 66.0 Å². The van der Waals surface area contributed by atoms with E-state index in [2.05, 4.69) is 15.3 Å². The van der Waals surface area contributed by atoms with Gasteiger partial charge in [-0.25, -0.2) is 13.9 Å². The molecule has 0 saturated heterocycles. The summed E-state index contributed by atoms with van der Waals surface area (Å²) in [6.07, 6.45) is 4.22. The Morgan fingerprint density at radius 3 is 2.68 bits per heavy atom. The Morgan fingerprint density at radius 2 is 2.00 bits per heavy atom. The summed E-state index contributed by atoms with van der Waals surface area (Å²) in [4.78, 5) is 7.58. The highest BCUT2D eigenvalue weighted by atomic mass is 32.2. The zero-order valence-electron chi connectivity index (χ0n) is 13.8. The van der Waals surface area contributed by atoms with Gasteiger partial charge in [-0.2, -0.15) is 12.8 Å². The Bertz CT molecular complexity index is 1010. The van der Waals surface area contributed by atoms with Crippen molar-refractivity contribution in [2.24, 2.45) is 0 Å². The molecule has 0 aliphatic rings. The van der Waals surface area contributed by atoms with Crippen LogP contribution in [0.3, 0.4) is 0 Å². The van der Waals surface area contributed by atoms with E-state index in [0.717, 1.165) is 9.54 Å². The van der Waals surface area contributed by atoms with E-state index >= 15 is 0 Å². The van der Waals surface area contributed by atoms with Gasteiger partial charge in [0.1, 0.15) is 0 Å². The highest BCUT2D eigenvalue weighted by molar-refractivity contribution is 7.90. The van der Waals surface area contributed by atoms with Crippen LogP contribution < -0.4 is 5.32 Å². The predicted octanol–water partition coefficient (Wildman–Crippen LogP) is 2.35. The fourth-order valence-electron chi connectivity index (χ4n) is 2.52. The van der Waals surface area contributed by atoms with Gasteiger partial charge in [0.15, 0.2) is 5.03 Å². The Morgan fingerprint density at radius 1 is 1.20 bits per heavy atom. The summed E-state index contributed by atoms with van der Waals surface area (Å²) in [5.74, 6) is -0.731. The lowest BCUT2D eigenvalue weighted by atomic mass is 10.2. The average molecular weight is 360 g/mol. The molecule has 6 nitrogen and oxygen atoms in total. The molecule has 130 valence electrons. The summed E-state index contributed by atoms with van der Waals surface area (Å²) >= 11 is 0. The van der Waals surface area contributed by atoms with Gasteiger partial charge < -0.3 is 5.32 Å². The number of nitrogens with zero attached hydrogens (tertiary/aromatic N) is 3. The SMILES string of the molecule is CNCc1cc(-c2cccnc2F)n(S(=O)(=O)c2cc(C)ccn2)c1. The van der Waals surface area contributed by atoms with Crippen molar-refractivity contribution in [3.63, 3.8) is 0 Å². The van der Waals surface area contributed by atoms with E-state index in [1.165, 1.54) is 30.7 Å².